The van der Waals surface area contributed by atoms with Crippen molar-refractivity contribution in [3.8, 4) is 11.3 Å². The van der Waals surface area contributed by atoms with E-state index in [9.17, 15) is 9.59 Å². The van der Waals surface area contributed by atoms with E-state index in [0.29, 0.717) is 12.2 Å². The summed E-state index contributed by atoms with van der Waals surface area (Å²) in [5.74, 6) is -0.184. The van der Waals surface area contributed by atoms with Gasteiger partial charge in [0, 0.05) is 23.1 Å². The van der Waals surface area contributed by atoms with Crippen LogP contribution in [-0.4, -0.2) is 28.5 Å². The molecule has 0 aliphatic heterocycles. The highest BCUT2D eigenvalue weighted by atomic mass is 32.2. The molecule has 1 aromatic carbocycles. The predicted octanol–water partition coefficient (Wildman–Crippen LogP) is 3.64. The number of carbonyl (C=O) groups excluding carboxylic acids is 1. The lowest BCUT2D eigenvalue weighted by Gasteiger charge is -2.13. The number of benzene rings is 1. The Morgan fingerprint density at radius 1 is 1.19 bits per heavy atom. The second kappa shape index (κ2) is 9.55. The van der Waals surface area contributed by atoms with Crippen LogP contribution < -0.4 is 10.9 Å². The molecule has 0 atom stereocenters. The molecule has 1 heterocycles. The molecule has 6 heteroatoms. The Kier molecular flexibility index (Phi) is 6.87. The maximum absolute atomic E-state index is 12.2. The summed E-state index contributed by atoms with van der Waals surface area (Å²) in [5, 5.41) is 7.26. The molecule has 142 valence electrons. The van der Waals surface area contributed by atoms with Crippen molar-refractivity contribution in [2.45, 2.75) is 43.5 Å². The van der Waals surface area contributed by atoms with Crippen molar-refractivity contribution in [1.29, 1.82) is 0 Å². The van der Waals surface area contributed by atoms with E-state index >= 15 is 0 Å². The van der Waals surface area contributed by atoms with Gasteiger partial charge in [0.05, 0.1) is 5.69 Å². The van der Waals surface area contributed by atoms with Crippen LogP contribution in [0.15, 0.2) is 57.7 Å². The summed E-state index contributed by atoms with van der Waals surface area (Å²) in [7, 11) is 0. The summed E-state index contributed by atoms with van der Waals surface area (Å²) < 4.78 is 1.23. The number of hydrogen-bond donors (Lipinski definition) is 1. The number of nitrogens with zero attached hydrogens (tertiary/aromatic N) is 2. The third-order valence-corrected chi connectivity index (χ3v) is 5.44. The van der Waals surface area contributed by atoms with Crippen molar-refractivity contribution in [1.82, 2.24) is 15.1 Å². The van der Waals surface area contributed by atoms with Crippen molar-refractivity contribution in [3.05, 3.63) is 58.4 Å². The van der Waals surface area contributed by atoms with Crippen LogP contribution in [0.3, 0.4) is 0 Å². The van der Waals surface area contributed by atoms with Gasteiger partial charge in [0.25, 0.3) is 5.56 Å². The first-order valence-corrected chi connectivity index (χ1v) is 10.6. The standard InChI is InChI=1S/C21H25N3O2S/c1-27-18-9-7-17(8-10-18)19-11-12-21(26)24(23-19)15-20(25)22-14-13-16-5-3-2-4-6-16/h5,7-12H,2-4,6,13-15H2,1H3,(H,22,25). The molecular formula is C21H25N3O2S. The van der Waals surface area contributed by atoms with Crippen molar-refractivity contribution < 1.29 is 4.79 Å². The Morgan fingerprint density at radius 2 is 2.00 bits per heavy atom. The van der Waals surface area contributed by atoms with Gasteiger partial charge in [0.1, 0.15) is 6.54 Å². The summed E-state index contributed by atoms with van der Waals surface area (Å²) in [6.07, 6.45) is 9.98. The summed E-state index contributed by atoms with van der Waals surface area (Å²) in [5.41, 5.74) is 2.76. The highest BCUT2D eigenvalue weighted by Gasteiger charge is 2.09. The fourth-order valence-corrected chi connectivity index (χ4v) is 3.57. The van der Waals surface area contributed by atoms with Gasteiger partial charge >= 0.3 is 0 Å². The molecule has 1 amide bonds. The van der Waals surface area contributed by atoms with E-state index in [2.05, 4.69) is 16.5 Å². The molecule has 0 spiro atoms. The van der Waals surface area contributed by atoms with Gasteiger partial charge in [-0.25, -0.2) is 4.68 Å². The number of allylic oxidation sites excluding steroid dienone is 1. The first-order chi connectivity index (χ1) is 13.2. The molecule has 3 rings (SSSR count). The predicted molar refractivity (Wildman–Crippen MR) is 110 cm³/mol. The van der Waals surface area contributed by atoms with Crippen LogP contribution >= 0.6 is 11.8 Å². The number of carbonyl (C=O) groups is 1. The molecular weight excluding hydrogens is 358 g/mol. The first kappa shape index (κ1) is 19.4. The van der Waals surface area contributed by atoms with Crippen LogP contribution in [-0.2, 0) is 11.3 Å². The van der Waals surface area contributed by atoms with Gasteiger partial charge in [-0.3, -0.25) is 9.59 Å². The number of rotatable bonds is 7. The molecule has 0 unspecified atom stereocenters. The topological polar surface area (TPSA) is 64.0 Å². The zero-order valence-corrected chi connectivity index (χ0v) is 16.4. The molecule has 27 heavy (non-hydrogen) atoms. The molecule has 5 nitrogen and oxygen atoms in total. The average molecular weight is 384 g/mol. The Morgan fingerprint density at radius 3 is 2.70 bits per heavy atom. The smallest absolute Gasteiger partial charge is 0.267 e. The van der Waals surface area contributed by atoms with Crippen molar-refractivity contribution in [3.63, 3.8) is 0 Å². The Labute approximate surface area is 163 Å². The maximum atomic E-state index is 12.2. The fourth-order valence-electron chi connectivity index (χ4n) is 3.16. The van der Waals surface area contributed by atoms with Gasteiger partial charge in [-0.1, -0.05) is 23.8 Å². The van der Waals surface area contributed by atoms with E-state index in [4.69, 9.17) is 0 Å². The van der Waals surface area contributed by atoms with E-state index in [1.807, 2.05) is 30.5 Å². The first-order valence-electron chi connectivity index (χ1n) is 9.33. The zero-order valence-electron chi connectivity index (χ0n) is 15.6. The fraction of sp³-hybridized carbons (Fsp3) is 0.381. The number of nitrogens with one attached hydrogen (secondary N) is 1. The van der Waals surface area contributed by atoms with Crippen LogP contribution in [0.5, 0.6) is 0 Å². The highest BCUT2D eigenvalue weighted by Crippen LogP contribution is 2.21. The third kappa shape index (κ3) is 5.57. The monoisotopic (exact) mass is 383 g/mol. The number of hydrogen-bond acceptors (Lipinski definition) is 4. The zero-order chi connectivity index (χ0) is 19.1. The van der Waals surface area contributed by atoms with Crippen LogP contribution in [0.25, 0.3) is 11.3 Å². The number of aromatic nitrogens is 2. The molecule has 2 aromatic rings. The van der Waals surface area contributed by atoms with E-state index in [-0.39, 0.29) is 18.0 Å². The minimum atomic E-state index is -0.273. The minimum absolute atomic E-state index is 0.0609. The summed E-state index contributed by atoms with van der Waals surface area (Å²) in [4.78, 5) is 25.4. The Balaban J connectivity index is 1.60. The molecule has 1 N–H and O–H groups in total. The van der Waals surface area contributed by atoms with Crippen LogP contribution in [0, 0.1) is 0 Å². The normalized spacial score (nSPS) is 13.9. The molecule has 1 aliphatic carbocycles. The molecule has 1 aliphatic rings. The van der Waals surface area contributed by atoms with Gasteiger partial charge in [-0.2, -0.15) is 5.10 Å². The van der Waals surface area contributed by atoms with Crippen molar-refractivity contribution in [2.75, 3.05) is 12.8 Å². The maximum Gasteiger partial charge on any atom is 0.267 e. The molecule has 0 bridgehead atoms. The van der Waals surface area contributed by atoms with Gasteiger partial charge in [0.2, 0.25) is 5.91 Å². The van der Waals surface area contributed by atoms with Gasteiger partial charge in [-0.05, 0) is 56.6 Å². The van der Waals surface area contributed by atoms with Gasteiger partial charge in [-0.15, -0.1) is 11.8 Å². The summed E-state index contributed by atoms with van der Waals surface area (Å²) in [6.45, 7) is 0.546. The van der Waals surface area contributed by atoms with E-state index in [1.54, 1.807) is 17.8 Å². The van der Waals surface area contributed by atoms with Gasteiger partial charge < -0.3 is 5.32 Å². The van der Waals surface area contributed by atoms with Gasteiger partial charge in [0.15, 0.2) is 0 Å². The van der Waals surface area contributed by atoms with Crippen LogP contribution in [0.1, 0.15) is 32.1 Å². The number of amides is 1. The summed E-state index contributed by atoms with van der Waals surface area (Å²) in [6, 6.07) is 11.1. The molecule has 0 saturated carbocycles. The number of thioether (sulfide) groups is 1. The lowest BCUT2D eigenvalue weighted by Crippen LogP contribution is -2.34. The third-order valence-electron chi connectivity index (χ3n) is 4.70. The Hall–Kier alpha value is -2.34. The molecule has 0 fully saturated rings. The lowest BCUT2D eigenvalue weighted by molar-refractivity contribution is -0.121. The molecule has 0 radical (unpaired) electrons. The largest absolute Gasteiger partial charge is 0.354 e. The van der Waals surface area contributed by atoms with Crippen molar-refractivity contribution in [2.24, 2.45) is 0 Å². The van der Waals surface area contributed by atoms with Crippen LogP contribution in [0.4, 0.5) is 0 Å². The van der Waals surface area contributed by atoms with E-state index in [1.165, 1.54) is 34.1 Å². The van der Waals surface area contributed by atoms with Crippen molar-refractivity contribution >= 4 is 17.7 Å². The van der Waals surface area contributed by atoms with E-state index in [0.717, 1.165) is 24.8 Å². The average Bonchev–Trinajstić information content (AvgIpc) is 2.70. The lowest BCUT2D eigenvalue weighted by atomic mass is 9.97. The molecule has 0 saturated heterocycles. The minimum Gasteiger partial charge on any atom is -0.354 e. The summed E-state index contributed by atoms with van der Waals surface area (Å²) >= 11 is 1.67. The Bertz CT molecular complexity index is 872. The highest BCUT2D eigenvalue weighted by molar-refractivity contribution is 7.98. The second-order valence-corrected chi connectivity index (χ2v) is 7.53. The van der Waals surface area contributed by atoms with E-state index < -0.39 is 0 Å². The quantitative estimate of drug-likeness (QED) is 0.586. The molecule has 1 aromatic heterocycles. The SMILES string of the molecule is CSc1ccc(-c2ccc(=O)n(CC(=O)NCCC3=CCCCC3)n2)cc1. The van der Waals surface area contributed by atoms with Crippen LogP contribution in [0.2, 0.25) is 0 Å². The second-order valence-electron chi connectivity index (χ2n) is 6.65.